The van der Waals surface area contributed by atoms with Crippen LogP contribution < -0.4 is 0 Å². The van der Waals surface area contributed by atoms with Gasteiger partial charge in [-0.1, -0.05) is 6.92 Å². The van der Waals surface area contributed by atoms with Crippen LogP contribution in [0.1, 0.15) is 34.1 Å². The monoisotopic (exact) mass is 215 g/mol. The van der Waals surface area contributed by atoms with Crippen LogP contribution in [0.5, 0.6) is 0 Å². The van der Waals surface area contributed by atoms with Crippen molar-refractivity contribution in [3.8, 4) is 0 Å². The standard InChI is InChI=1S/C11H21NO3/c1-9(2,3)12-7-11(14)10(4,8(12)13)5-6-15-11/h8,13-14H,5-7H2,1-4H3. The lowest BCUT2D eigenvalue weighted by Crippen LogP contribution is -2.48. The number of nitrogens with zero attached hydrogens (tertiary/aromatic N) is 1. The van der Waals surface area contributed by atoms with Gasteiger partial charge in [0.15, 0.2) is 5.79 Å². The van der Waals surface area contributed by atoms with Crippen LogP contribution in [0.3, 0.4) is 0 Å². The molecular weight excluding hydrogens is 194 g/mol. The van der Waals surface area contributed by atoms with Crippen LogP contribution in [0.15, 0.2) is 0 Å². The largest absolute Gasteiger partial charge is 0.378 e. The number of ether oxygens (including phenoxy) is 1. The minimum atomic E-state index is -1.18. The van der Waals surface area contributed by atoms with Crippen molar-refractivity contribution in [2.45, 2.75) is 51.7 Å². The molecule has 4 nitrogen and oxygen atoms in total. The molecule has 0 aliphatic carbocycles. The predicted molar refractivity (Wildman–Crippen MR) is 56.1 cm³/mol. The Labute approximate surface area is 90.8 Å². The summed E-state index contributed by atoms with van der Waals surface area (Å²) in [5.74, 6) is -1.18. The van der Waals surface area contributed by atoms with Crippen LogP contribution in [0.2, 0.25) is 0 Å². The topological polar surface area (TPSA) is 52.9 Å². The maximum Gasteiger partial charge on any atom is 0.187 e. The Balaban J connectivity index is 2.32. The molecule has 0 spiro atoms. The van der Waals surface area contributed by atoms with E-state index in [4.69, 9.17) is 4.74 Å². The molecule has 0 aromatic rings. The molecule has 0 aromatic heterocycles. The van der Waals surface area contributed by atoms with Gasteiger partial charge in [-0.05, 0) is 27.2 Å². The summed E-state index contributed by atoms with van der Waals surface area (Å²) in [4.78, 5) is 1.91. The van der Waals surface area contributed by atoms with Crippen LogP contribution in [-0.4, -0.2) is 45.8 Å². The van der Waals surface area contributed by atoms with E-state index in [1.165, 1.54) is 0 Å². The first-order valence-corrected chi connectivity index (χ1v) is 5.52. The molecule has 2 rings (SSSR count). The number of hydrogen-bond acceptors (Lipinski definition) is 4. The summed E-state index contributed by atoms with van der Waals surface area (Å²) in [6.45, 7) is 8.91. The molecule has 0 aromatic carbocycles. The van der Waals surface area contributed by atoms with E-state index in [9.17, 15) is 10.2 Å². The van der Waals surface area contributed by atoms with Gasteiger partial charge in [-0.2, -0.15) is 0 Å². The first kappa shape index (κ1) is 11.3. The van der Waals surface area contributed by atoms with Crippen molar-refractivity contribution in [1.29, 1.82) is 0 Å². The molecule has 4 heteroatoms. The average molecular weight is 215 g/mol. The van der Waals surface area contributed by atoms with Gasteiger partial charge in [0.25, 0.3) is 0 Å². The summed E-state index contributed by atoms with van der Waals surface area (Å²) in [5, 5.41) is 20.7. The van der Waals surface area contributed by atoms with E-state index in [1.54, 1.807) is 0 Å². The zero-order valence-electron chi connectivity index (χ0n) is 9.95. The van der Waals surface area contributed by atoms with Crippen LogP contribution >= 0.6 is 0 Å². The molecule has 2 heterocycles. The van der Waals surface area contributed by atoms with Crippen LogP contribution in [-0.2, 0) is 4.74 Å². The Morgan fingerprint density at radius 2 is 2.00 bits per heavy atom. The first-order chi connectivity index (χ1) is 6.71. The van der Waals surface area contributed by atoms with Crippen molar-refractivity contribution < 1.29 is 14.9 Å². The predicted octanol–water partition coefficient (Wildman–Crippen LogP) is 0.534. The minimum absolute atomic E-state index is 0.161. The molecule has 3 unspecified atom stereocenters. The maximum atomic E-state index is 10.4. The zero-order valence-corrected chi connectivity index (χ0v) is 9.95. The second kappa shape index (κ2) is 2.94. The van der Waals surface area contributed by atoms with Gasteiger partial charge in [-0.15, -0.1) is 0 Å². The van der Waals surface area contributed by atoms with E-state index in [1.807, 2.05) is 32.6 Å². The number of aliphatic hydroxyl groups excluding tert-OH is 1. The normalized spacial score (nSPS) is 47.2. The Hall–Kier alpha value is -0.160. The second-order valence-electron chi connectivity index (χ2n) is 5.97. The van der Waals surface area contributed by atoms with E-state index in [0.717, 1.165) is 0 Å². The van der Waals surface area contributed by atoms with Gasteiger partial charge in [0.1, 0.15) is 6.23 Å². The van der Waals surface area contributed by atoms with Crippen molar-refractivity contribution in [1.82, 2.24) is 4.90 Å². The number of rotatable bonds is 0. The number of aliphatic hydroxyl groups is 2. The quantitative estimate of drug-likeness (QED) is 0.619. The van der Waals surface area contributed by atoms with Crippen molar-refractivity contribution in [2.24, 2.45) is 5.41 Å². The molecule has 88 valence electrons. The highest BCUT2D eigenvalue weighted by Gasteiger charge is 2.65. The molecule has 2 saturated heterocycles. The average Bonchev–Trinajstić information content (AvgIpc) is 2.46. The van der Waals surface area contributed by atoms with E-state index in [0.29, 0.717) is 19.6 Å². The van der Waals surface area contributed by atoms with E-state index in [-0.39, 0.29) is 5.54 Å². The molecule has 2 aliphatic rings. The number of fused-ring (bicyclic) bond motifs is 1. The van der Waals surface area contributed by atoms with Crippen molar-refractivity contribution in [3.63, 3.8) is 0 Å². The fraction of sp³-hybridized carbons (Fsp3) is 1.00. The van der Waals surface area contributed by atoms with E-state index >= 15 is 0 Å². The maximum absolute atomic E-state index is 10.4. The summed E-state index contributed by atoms with van der Waals surface area (Å²) in [6, 6.07) is 0. The van der Waals surface area contributed by atoms with Gasteiger partial charge in [0.05, 0.1) is 18.6 Å². The first-order valence-electron chi connectivity index (χ1n) is 5.52. The van der Waals surface area contributed by atoms with E-state index < -0.39 is 17.4 Å². The summed E-state index contributed by atoms with van der Waals surface area (Å²) < 4.78 is 5.42. The highest BCUT2D eigenvalue weighted by Crippen LogP contribution is 2.52. The van der Waals surface area contributed by atoms with Gasteiger partial charge in [0.2, 0.25) is 0 Å². The summed E-state index contributed by atoms with van der Waals surface area (Å²) in [6.07, 6.45) is 0.0713. The SMILES string of the molecule is CC(C)(C)N1CC2(O)OCCC2(C)C1O. The van der Waals surface area contributed by atoms with Crippen molar-refractivity contribution in [3.05, 3.63) is 0 Å². The molecule has 15 heavy (non-hydrogen) atoms. The van der Waals surface area contributed by atoms with Crippen LogP contribution in [0.25, 0.3) is 0 Å². The highest BCUT2D eigenvalue weighted by molar-refractivity contribution is 5.08. The molecule has 0 saturated carbocycles. The fourth-order valence-corrected chi connectivity index (χ4v) is 2.61. The van der Waals surface area contributed by atoms with E-state index in [2.05, 4.69) is 0 Å². The lowest BCUT2D eigenvalue weighted by atomic mass is 9.81. The lowest BCUT2D eigenvalue weighted by Gasteiger charge is -2.37. The van der Waals surface area contributed by atoms with Gasteiger partial charge >= 0.3 is 0 Å². The van der Waals surface area contributed by atoms with Crippen molar-refractivity contribution >= 4 is 0 Å². The van der Waals surface area contributed by atoms with Gasteiger partial charge in [-0.25, -0.2) is 0 Å². The molecule has 0 radical (unpaired) electrons. The molecule has 2 fully saturated rings. The Morgan fingerprint density at radius 1 is 1.40 bits per heavy atom. The molecule has 3 atom stereocenters. The Kier molecular flexibility index (Phi) is 2.22. The van der Waals surface area contributed by atoms with Crippen LogP contribution in [0, 0.1) is 5.41 Å². The third-order valence-electron chi connectivity index (χ3n) is 3.97. The summed E-state index contributed by atoms with van der Waals surface area (Å²) in [5.41, 5.74) is -0.716. The number of β-amino-alcohol motifs (C(OH)–C–C–N with tert-alkyl or cyclic N) is 1. The molecule has 0 bridgehead atoms. The lowest BCUT2D eigenvalue weighted by molar-refractivity contribution is -0.209. The minimum Gasteiger partial charge on any atom is -0.378 e. The Morgan fingerprint density at radius 3 is 2.47 bits per heavy atom. The zero-order chi connectivity index (χ0) is 11.5. The third kappa shape index (κ3) is 1.35. The number of hydrogen-bond donors (Lipinski definition) is 2. The van der Waals surface area contributed by atoms with Crippen molar-refractivity contribution in [2.75, 3.05) is 13.2 Å². The second-order valence-corrected chi connectivity index (χ2v) is 5.97. The molecular formula is C11H21NO3. The Bertz CT molecular complexity index is 275. The molecule has 2 aliphatic heterocycles. The summed E-state index contributed by atoms with van der Waals surface area (Å²) >= 11 is 0. The molecule has 0 amide bonds. The number of likely N-dealkylation sites (tertiary alicyclic amines) is 1. The third-order valence-corrected chi connectivity index (χ3v) is 3.97. The van der Waals surface area contributed by atoms with Gasteiger partial charge in [-0.3, -0.25) is 4.90 Å². The summed E-state index contributed by atoms with van der Waals surface area (Å²) in [7, 11) is 0. The van der Waals surface area contributed by atoms with Gasteiger partial charge in [0, 0.05) is 5.54 Å². The molecule has 2 N–H and O–H groups in total. The fourth-order valence-electron chi connectivity index (χ4n) is 2.61. The van der Waals surface area contributed by atoms with Gasteiger partial charge < -0.3 is 14.9 Å². The smallest absolute Gasteiger partial charge is 0.187 e. The highest BCUT2D eigenvalue weighted by atomic mass is 16.6. The van der Waals surface area contributed by atoms with Crippen LogP contribution in [0.4, 0.5) is 0 Å².